The average Bonchev–Trinajstić information content (AvgIpc) is 2.77. The van der Waals surface area contributed by atoms with Crippen molar-refractivity contribution in [1.29, 1.82) is 0 Å². The van der Waals surface area contributed by atoms with Crippen LogP contribution < -0.4 is 5.32 Å². The molecule has 0 bridgehead atoms. The second kappa shape index (κ2) is 6.71. The monoisotopic (exact) mass is 268 g/mol. The highest BCUT2D eigenvalue weighted by molar-refractivity contribution is 5.71. The highest BCUT2D eigenvalue weighted by atomic mass is 16.5. The molecule has 2 aliphatic rings. The summed E-state index contributed by atoms with van der Waals surface area (Å²) in [7, 11) is 0. The Kier molecular flexibility index (Phi) is 5.22. The van der Waals surface area contributed by atoms with Gasteiger partial charge in [-0.3, -0.25) is 9.69 Å². The lowest BCUT2D eigenvalue weighted by atomic mass is 9.82. The summed E-state index contributed by atoms with van der Waals surface area (Å²) in [5.41, 5.74) is -0.0390. The van der Waals surface area contributed by atoms with Gasteiger partial charge in [0.25, 0.3) is 0 Å². The maximum atomic E-state index is 12.0. The Morgan fingerprint density at radius 2 is 2.21 bits per heavy atom. The van der Waals surface area contributed by atoms with Gasteiger partial charge in [-0.2, -0.15) is 0 Å². The van der Waals surface area contributed by atoms with E-state index in [1.807, 2.05) is 6.92 Å². The molecule has 0 aromatic carbocycles. The number of hydrogen-bond donors (Lipinski definition) is 1. The van der Waals surface area contributed by atoms with Gasteiger partial charge in [0, 0.05) is 18.1 Å². The Labute approximate surface area is 116 Å². The molecule has 2 atom stereocenters. The van der Waals surface area contributed by atoms with E-state index in [0.29, 0.717) is 19.1 Å². The molecule has 4 nitrogen and oxygen atoms in total. The molecule has 0 saturated carbocycles. The molecule has 2 fully saturated rings. The summed E-state index contributed by atoms with van der Waals surface area (Å²) in [5, 5.41) is 3.69. The third-order valence-electron chi connectivity index (χ3n) is 4.59. The molecule has 2 aliphatic heterocycles. The standard InChI is InChI=1S/C15H28N2O2/c1-3-9-16-15(12-14(18)19-4-2)8-11-17-10-6-5-7-13(15)17/h13,16H,3-12H2,1-2H3. The van der Waals surface area contributed by atoms with Gasteiger partial charge in [0.2, 0.25) is 0 Å². The molecule has 19 heavy (non-hydrogen) atoms. The van der Waals surface area contributed by atoms with Crippen molar-refractivity contribution in [2.45, 2.75) is 64.0 Å². The third-order valence-corrected chi connectivity index (χ3v) is 4.59. The quantitative estimate of drug-likeness (QED) is 0.748. The van der Waals surface area contributed by atoms with Gasteiger partial charge in [0.15, 0.2) is 0 Å². The Bertz CT molecular complexity index is 309. The lowest BCUT2D eigenvalue weighted by molar-refractivity contribution is -0.145. The van der Waals surface area contributed by atoms with Crippen LogP contribution in [-0.2, 0) is 9.53 Å². The predicted octanol–water partition coefficient (Wildman–Crippen LogP) is 1.94. The van der Waals surface area contributed by atoms with E-state index >= 15 is 0 Å². The van der Waals surface area contributed by atoms with Crippen molar-refractivity contribution >= 4 is 5.97 Å². The molecule has 2 rings (SSSR count). The first-order valence-corrected chi connectivity index (χ1v) is 7.86. The Morgan fingerprint density at radius 1 is 1.37 bits per heavy atom. The van der Waals surface area contributed by atoms with Crippen LogP contribution in [0, 0.1) is 0 Å². The van der Waals surface area contributed by atoms with E-state index in [1.54, 1.807) is 0 Å². The van der Waals surface area contributed by atoms with E-state index in [1.165, 1.54) is 25.8 Å². The zero-order valence-electron chi connectivity index (χ0n) is 12.4. The number of carbonyl (C=O) groups excluding carboxylic acids is 1. The zero-order chi connectivity index (χ0) is 13.7. The maximum absolute atomic E-state index is 12.0. The fourth-order valence-electron chi connectivity index (χ4n) is 3.71. The number of ether oxygens (including phenoxy) is 1. The third kappa shape index (κ3) is 3.29. The summed E-state index contributed by atoms with van der Waals surface area (Å²) in [5.74, 6) is -0.0430. The number of nitrogens with zero attached hydrogens (tertiary/aromatic N) is 1. The lowest BCUT2D eigenvalue weighted by Gasteiger charge is -2.41. The van der Waals surface area contributed by atoms with Gasteiger partial charge in [-0.05, 0) is 45.7 Å². The number of rotatable bonds is 6. The predicted molar refractivity (Wildman–Crippen MR) is 76.1 cm³/mol. The normalized spacial score (nSPS) is 31.2. The number of esters is 1. The highest BCUT2D eigenvalue weighted by Gasteiger charge is 2.48. The first-order valence-electron chi connectivity index (χ1n) is 7.86. The second-order valence-electron chi connectivity index (χ2n) is 5.86. The van der Waals surface area contributed by atoms with E-state index in [9.17, 15) is 4.79 Å². The Balaban J connectivity index is 2.07. The summed E-state index contributed by atoms with van der Waals surface area (Å²) >= 11 is 0. The van der Waals surface area contributed by atoms with E-state index < -0.39 is 0 Å². The van der Waals surface area contributed by atoms with E-state index in [2.05, 4.69) is 17.1 Å². The van der Waals surface area contributed by atoms with Crippen LogP contribution in [0.15, 0.2) is 0 Å². The molecule has 0 amide bonds. The number of piperidine rings is 1. The molecular weight excluding hydrogens is 240 g/mol. The van der Waals surface area contributed by atoms with E-state index in [0.717, 1.165) is 25.9 Å². The number of carbonyl (C=O) groups is 1. The fourth-order valence-corrected chi connectivity index (χ4v) is 3.71. The first-order chi connectivity index (χ1) is 9.22. The highest BCUT2D eigenvalue weighted by Crippen LogP contribution is 2.37. The number of fused-ring (bicyclic) bond motifs is 1. The van der Waals surface area contributed by atoms with Gasteiger partial charge in [-0.25, -0.2) is 0 Å². The second-order valence-corrected chi connectivity index (χ2v) is 5.86. The van der Waals surface area contributed by atoms with Crippen LogP contribution in [0.1, 0.15) is 52.4 Å². The molecule has 0 aliphatic carbocycles. The Hall–Kier alpha value is -0.610. The van der Waals surface area contributed by atoms with Crippen molar-refractivity contribution < 1.29 is 9.53 Å². The van der Waals surface area contributed by atoms with Crippen molar-refractivity contribution in [2.75, 3.05) is 26.2 Å². The molecule has 0 aromatic heterocycles. The van der Waals surface area contributed by atoms with Crippen LogP contribution in [0.2, 0.25) is 0 Å². The van der Waals surface area contributed by atoms with Crippen LogP contribution in [0.25, 0.3) is 0 Å². The topological polar surface area (TPSA) is 41.6 Å². The molecule has 110 valence electrons. The number of hydrogen-bond acceptors (Lipinski definition) is 4. The summed E-state index contributed by atoms with van der Waals surface area (Å²) < 4.78 is 5.19. The van der Waals surface area contributed by atoms with Gasteiger partial charge in [-0.1, -0.05) is 13.3 Å². The number of nitrogens with one attached hydrogen (secondary N) is 1. The smallest absolute Gasteiger partial charge is 0.307 e. The van der Waals surface area contributed by atoms with Gasteiger partial charge in [-0.15, -0.1) is 0 Å². The van der Waals surface area contributed by atoms with Crippen LogP contribution >= 0.6 is 0 Å². The van der Waals surface area contributed by atoms with Crippen molar-refractivity contribution in [2.24, 2.45) is 0 Å². The molecule has 2 unspecified atom stereocenters. The average molecular weight is 268 g/mol. The van der Waals surface area contributed by atoms with Gasteiger partial charge >= 0.3 is 5.97 Å². The van der Waals surface area contributed by atoms with Crippen molar-refractivity contribution in [3.63, 3.8) is 0 Å². The van der Waals surface area contributed by atoms with Crippen molar-refractivity contribution in [1.82, 2.24) is 10.2 Å². The molecule has 2 saturated heterocycles. The summed E-state index contributed by atoms with van der Waals surface area (Å²) in [6.45, 7) is 7.86. The largest absolute Gasteiger partial charge is 0.466 e. The van der Waals surface area contributed by atoms with E-state index in [4.69, 9.17) is 4.74 Å². The minimum Gasteiger partial charge on any atom is -0.466 e. The molecule has 0 spiro atoms. The summed E-state index contributed by atoms with van der Waals surface area (Å²) in [4.78, 5) is 14.5. The minimum atomic E-state index is -0.0430. The summed E-state index contributed by atoms with van der Waals surface area (Å²) in [6, 6.07) is 0.525. The lowest BCUT2D eigenvalue weighted by Crippen LogP contribution is -2.57. The minimum absolute atomic E-state index is 0.0390. The van der Waals surface area contributed by atoms with Crippen LogP contribution in [0.4, 0.5) is 0 Å². The van der Waals surface area contributed by atoms with Crippen LogP contribution in [0.3, 0.4) is 0 Å². The van der Waals surface area contributed by atoms with Gasteiger partial charge in [0.05, 0.1) is 13.0 Å². The van der Waals surface area contributed by atoms with Crippen molar-refractivity contribution in [3.05, 3.63) is 0 Å². The van der Waals surface area contributed by atoms with Gasteiger partial charge < -0.3 is 10.1 Å². The van der Waals surface area contributed by atoms with Crippen LogP contribution in [-0.4, -0.2) is 48.7 Å². The maximum Gasteiger partial charge on any atom is 0.307 e. The SMILES string of the molecule is CCCNC1(CC(=O)OCC)CCN2CCCCC21. The first kappa shape index (κ1) is 14.8. The fraction of sp³-hybridized carbons (Fsp3) is 0.933. The zero-order valence-corrected chi connectivity index (χ0v) is 12.4. The molecule has 0 aromatic rings. The van der Waals surface area contributed by atoms with Crippen molar-refractivity contribution in [3.8, 4) is 0 Å². The molecule has 2 heterocycles. The molecule has 1 N–H and O–H groups in total. The van der Waals surface area contributed by atoms with Crippen LogP contribution in [0.5, 0.6) is 0 Å². The molecule has 0 radical (unpaired) electrons. The molecular formula is C15H28N2O2. The molecule has 4 heteroatoms. The summed E-state index contributed by atoms with van der Waals surface area (Å²) in [6.07, 6.45) is 6.53. The van der Waals surface area contributed by atoms with Gasteiger partial charge in [0.1, 0.15) is 0 Å². The Morgan fingerprint density at radius 3 is 2.95 bits per heavy atom. The van der Waals surface area contributed by atoms with E-state index in [-0.39, 0.29) is 11.5 Å².